The third-order valence-electron chi connectivity index (χ3n) is 4.97. The van der Waals surface area contributed by atoms with Crippen LogP contribution in [0.4, 0.5) is 9.18 Å². The number of H-pyrrole nitrogens is 2. The highest BCUT2D eigenvalue weighted by Crippen LogP contribution is 2.25. The maximum Gasteiger partial charge on any atom is 0.317 e. The summed E-state index contributed by atoms with van der Waals surface area (Å²) in [5.41, 5.74) is 2.44. The molecule has 1 unspecified atom stereocenters. The lowest BCUT2D eigenvalue weighted by molar-refractivity contribution is 0.178. The standard InChI is InChI=1S/C19H22FN7O/c1-12-23-18(26-24-12)14-3-2-8-27(11-14)19(28)21-9-15-10-22-25-17(15)13-4-6-16(20)7-5-13/h4-7,10,14H,2-3,8-9,11H2,1H3,(H,21,28)(H,22,25)(H,23,24,26). The number of piperidine rings is 1. The smallest absolute Gasteiger partial charge is 0.317 e. The second kappa shape index (κ2) is 7.79. The summed E-state index contributed by atoms with van der Waals surface area (Å²) in [5, 5.41) is 17.0. The van der Waals surface area contributed by atoms with Crippen LogP contribution >= 0.6 is 0 Å². The number of hydrogen-bond acceptors (Lipinski definition) is 4. The van der Waals surface area contributed by atoms with Crippen LogP contribution in [-0.2, 0) is 6.54 Å². The van der Waals surface area contributed by atoms with Gasteiger partial charge in [0.15, 0.2) is 5.82 Å². The second-order valence-electron chi connectivity index (χ2n) is 7.00. The number of nitrogens with zero attached hydrogens (tertiary/aromatic N) is 4. The van der Waals surface area contributed by atoms with E-state index < -0.39 is 0 Å². The van der Waals surface area contributed by atoms with Crippen molar-refractivity contribution in [2.24, 2.45) is 0 Å². The molecule has 2 aromatic heterocycles. The Labute approximate surface area is 161 Å². The fourth-order valence-electron chi connectivity index (χ4n) is 3.51. The molecule has 0 aliphatic carbocycles. The lowest BCUT2D eigenvalue weighted by Crippen LogP contribution is -2.44. The summed E-state index contributed by atoms with van der Waals surface area (Å²) in [5.74, 6) is 1.40. The molecule has 2 amide bonds. The van der Waals surface area contributed by atoms with E-state index in [0.29, 0.717) is 19.6 Å². The summed E-state index contributed by atoms with van der Waals surface area (Å²) in [6, 6.07) is 6.04. The van der Waals surface area contributed by atoms with E-state index in [0.717, 1.165) is 41.3 Å². The van der Waals surface area contributed by atoms with Crippen molar-refractivity contribution in [1.82, 2.24) is 35.6 Å². The highest BCUT2D eigenvalue weighted by atomic mass is 19.1. The maximum atomic E-state index is 13.1. The minimum atomic E-state index is -0.292. The third kappa shape index (κ3) is 3.88. The number of amides is 2. The molecule has 1 aliphatic heterocycles. The Bertz CT molecular complexity index is 949. The molecular weight excluding hydrogens is 361 g/mol. The summed E-state index contributed by atoms with van der Waals surface area (Å²) in [6.45, 7) is 3.51. The Hall–Kier alpha value is -3.23. The molecule has 3 heterocycles. The van der Waals surface area contributed by atoms with Gasteiger partial charge in [-0.1, -0.05) is 0 Å². The number of aromatic nitrogens is 5. The molecule has 1 saturated heterocycles. The first-order valence-electron chi connectivity index (χ1n) is 9.30. The predicted molar refractivity (Wildman–Crippen MR) is 101 cm³/mol. The van der Waals surface area contributed by atoms with Gasteiger partial charge in [0, 0.05) is 36.7 Å². The first kappa shape index (κ1) is 18.1. The van der Waals surface area contributed by atoms with Crippen molar-refractivity contribution >= 4 is 6.03 Å². The van der Waals surface area contributed by atoms with E-state index in [1.165, 1.54) is 12.1 Å². The van der Waals surface area contributed by atoms with Crippen LogP contribution in [0.25, 0.3) is 11.3 Å². The Kier molecular flexibility index (Phi) is 5.05. The van der Waals surface area contributed by atoms with Gasteiger partial charge >= 0.3 is 6.03 Å². The quantitative estimate of drug-likeness (QED) is 0.644. The summed E-state index contributed by atoms with van der Waals surface area (Å²) in [4.78, 5) is 18.9. The highest BCUT2D eigenvalue weighted by molar-refractivity contribution is 5.75. The molecule has 0 spiro atoms. The Morgan fingerprint density at radius 1 is 1.32 bits per heavy atom. The molecule has 1 atom stereocenters. The van der Waals surface area contributed by atoms with Crippen LogP contribution in [0.2, 0.25) is 0 Å². The van der Waals surface area contributed by atoms with E-state index in [2.05, 4.69) is 30.7 Å². The molecule has 0 saturated carbocycles. The second-order valence-corrected chi connectivity index (χ2v) is 7.00. The normalized spacial score (nSPS) is 16.9. The average Bonchev–Trinajstić information content (AvgIpc) is 3.36. The Morgan fingerprint density at radius 3 is 2.89 bits per heavy atom. The molecule has 0 bridgehead atoms. The van der Waals surface area contributed by atoms with E-state index in [9.17, 15) is 9.18 Å². The predicted octanol–water partition coefficient (Wildman–Crippen LogP) is 2.73. The van der Waals surface area contributed by atoms with Crippen molar-refractivity contribution in [2.45, 2.75) is 32.2 Å². The molecule has 1 aromatic carbocycles. The lowest BCUT2D eigenvalue weighted by atomic mass is 9.97. The number of urea groups is 1. The zero-order chi connectivity index (χ0) is 19.5. The van der Waals surface area contributed by atoms with Crippen molar-refractivity contribution in [2.75, 3.05) is 13.1 Å². The summed E-state index contributed by atoms with van der Waals surface area (Å²) in [7, 11) is 0. The van der Waals surface area contributed by atoms with Gasteiger partial charge in [-0.15, -0.1) is 0 Å². The Morgan fingerprint density at radius 2 is 2.14 bits per heavy atom. The van der Waals surface area contributed by atoms with Gasteiger partial charge < -0.3 is 10.2 Å². The molecule has 1 aliphatic rings. The average molecular weight is 383 g/mol. The molecule has 28 heavy (non-hydrogen) atoms. The minimum absolute atomic E-state index is 0.122. The van der Waals surface area contributed by atoms with Crippen LogP contribution in [-0.4, -0.2) is 49.4 Å². The van der Waals surface area contributed by atoms with Crippen LogP contribution in [0.1, 0.15) is 36.0 Å². The zero-order valence-electron chi connectivity index (χ0n) is 15.6. The molecule has 1 fully saturated rings. The van der Waals surface area contributed by atoms with Gasteiger partial charge in [0.2, 0.25) is 0 Å². The molecule has 3 N–H and O–H groups in total. The molecule has 146 valence electrons. The fraction of sp³-hybridized carbons (Fsp3) is 0.368. The monoisotopic (exact) mass is 383 g/mol. The fourth-order valence-corrected chi connectivity index (χ4v) is 3.51. The van der Waals surface area contributed by atoms with E-state index >= 15 is 0 Å². The minimum Gasteiger partial charge on any atom is -0.334 e. The molecule has 9 heteroatoms. The van der Waals surface area contributed by atoms with Gasteiger partial charge in [-0.3, -0.25) is 10.2 Å². The summed E-state index contributed by atoms with van der Waals surface area (Å²) in [6.07, 6.45) is 3.56. The van der Waals surface area contributed by atoms with Crippen molar-refractivity contribution in [1.29, 1.82) is 0 Å². The molecule has 4 rings (SSSR count). The number of halogens is 1. The number of carbonyl (C=O) groups is 1. The van der Waals surface area contributed by atoms with Gasteiger partial charge in [0.25, 0.3) is 0 Å². The van der Waals surface area contributed by atoms with Crippen LogP contribution in [0, 0.1) is 12.7 Å². The lowest BCUT2D eigenvalue weighted by Gasteiger charge is -2.31. The molecule has 8 nitrogen and oxygen atoms in total. The van der Waals surface area contributed by atoms with Crippen LogP contribution < -0.4 is 5.32 Å². The highest BCUT2D eigenvalue weighted by Gasteiger charge is 2.27. The van der Waals surface area contributed by atoms with Crippen molar-refractivity contribution in [3.05, 3.63) is 53.5 Å². The van der Waals surface area contributed by atoms with Gasteiger partial charge in [0.1, 0.15) is 11.6 Å². The largest absolute Gasteiger partial charge is 0.334 e. The number of nitrogens with one attached hydrogen (secondary N) is 3. The number of carbonyl (C=O) groups excluding carboxylic acids is 1. The number of likely N-dealkylation sites (tertiary alicyclic amines) is 1. The first-order chi connectivity index (χ1) is 13.6. The van der Waals surface area contributed by atoms with E-state index in [1.54, 1.807) is 23.2 Å². The van der Waals surface area contributed by atoms with Crippen LogP contribution in [0.5, 0.6) is 0 Å². The number of benzene rings is 1. The SMILES string of the molecule is Cc1nc(C2CCCN(C(=O)NCc3cn[nH]c3-c3ccc(F)cc3)C2)n[nH]1. The number of hydrogen-bond donors (Lipinski definition) is 3. The van der Waals surface area contributed by atoms with Crippen LogP contribution in [0.3, 0.4) is 0 Å². The van der Waals surface area contributed by atoms with Gasteiger partial charge in [0.05, 0.1) is 11.9 Å². The topological polar surface area (TPSA) is 103 Å². The van der Waals surface area contributed by atoms with Gasteiger partial charge in [-0.05, 0) is 44.0 Å². The zero-order valence-corrected chi connectivity index (χ0v) is 15.6. The van der Waals surface area contributed by atoms with Crippen molar-refractivity contribution < 1.29 is 9.18 Å². The summed E-state index contributed by atoms with van der Waals surface area (Å²) >= 11 is 0. The molecular formula is C19H22FN7O. The van der Waals surface area contributed by atoms with E-state index in [-0.39, 0.29) is 17.8 Å². The molecule has 3 aromatic rings. The van der Waals surface area contributed by atoms with E-state index in [1.807, 2.05) is 6.92 Å². The summed E-state index contributed by atoms with van der Waals surface area (Å²) < 4.78 is 13.1. The number of aromatic amines is 2. The third-order valence-corrected chi connectivity index (χ3v) is 4.97. The van der Waals surface area contributed by atoms with Gasteiger partial charge in [-0.2, -0.15) is 10.2 Å². The maximum absolute atomic E-state index is 13.1. The number of rotatable bonds is 4. The Balaban J connectivity index is 1.38. The van der Waals surface area contributed by atoms with Crippen molar-refractivity contribution in [3.8, 4) is 11.3 Å². The number of aryl methyl sites for hydroxylation is 1. The first-order valence-corrected chi connectivity index (χ1v) is 9.30. The molecule has 0 radical (unpaired) electrons. The van der Waals surface area contributed by atoms with Crippen LogP contribution in [0.15, 0.2) is 30.5 Å². The van der Waals surface area contributed by atoms with Gasteiger partial charge in [-0.25, -0.2) is 14.2 Å². The van der Waals surface area contributed by atoms with E-state index in [4.69, 9.17) is 0 Å². The van der Waals surface area contributed by atoms with Crippen molar-refractivity contribution in [3.63, 3.8) is 0 Å².